The molecule has 8 rings (SSSR count). The van der Waals surface area contributed by atoms with Crippen molar-refractivity contribution >= 4 is 28.2 Å². The number of aromatic nitrogens is 2. The van der Waals surface area contributed by atoms with Gasteiger partial charge in [0.1, 0.15) is 29.7 Å². The van der Waals surface area contributed by atoms with E-state index in [1.807, 2.05) is 6.07 Å². The minimum atomic E-state index is -0.851. The predicted molar refractivity (Wildman–Crippen MR) is 154 cm³/mol. The molecular formula is C31H34ClF2N5O2. The second-order valence-electron chi connectivity index (χ2n) is 12.7. The maximum atomic E-state index is 16.6. The number of anilines is 1. The largest absolute Gasteiger partial charge is 0.508 e. The van der Waals surface area contributed by atoms with Gasteiger partial charge in [-0.1, -0.05) is 11.6 Å². The van der Waals surface area contributed by atoms with Crippen molar-refractivity contribution in [1.82, 2.24) is 20.2 Å². The van der Waals surface area contributed by atoms with Gasteiger partial charge in [-0.15, -0.1) is 0 Å². The smallest absolute Gasteiger partial charge is 0.216 e. The van der Waals surface area contributed by atoms with Crippen LogP contribution in [0.4, 0.5) is 14.5 Å². The van der Waals surface area contributed by atoms with Gasteiger partial charge >= 0.3 is 0 Å². The van der Waals surface area contributed by atoms with E-state index in [-0.39, 0.29) is 28.4 Å². The number of aromatic hydroxyl groups is 1. The number of benzene rings is 1. The number of nitrogens with zero attached hydrogens (tertiary/aromatic N) is 4. The molecule has 5 fully saturated rings. The fourth-order valence-electron chi connectivity index (χ4n) is 7.87. The predicted octanol–water partition coefficient (Wildman–Crippen LogP) is 5.57. The Bertz CT molecular complexity index is 1520. The highest BCUT2D eigenvalue weighted by atomic mass is 35.5. The molecule has 6 heterocycles. The fourth-order valence-corrected chi connectivity index (χ4v) is 8.24. The molecule has 216 valence electrons. The lowest BCUT2D eigenvalue weighted by Gasteiger charge is -2.35. The number of hydrogen-bond donors (Lipinski definition) is 2. The van der Waals surface area contributed by atoms with Gasteiger partial charge in [0, 0.05) is 66.4 Å². The van der Waals surface area contributed by atoms with Gasteiger partial charge in [-0.3, -0.25) is 9.88 Å². The molecule has 10 heteroatoms. The van der Waals surface area contributed by atoms with Crippen molar-refractivity contribution in [2.45, 2.75) is 74.7 Å². The Morgan fingerprint density at radius 2 is 1.93 bits per heavy atom. The first-order valence-electron chi connectivity index (χ1n) is 14.9. The van der Waals surface area contributed by atoms with E-state index in [0.717, 1.165) is 69.4 Å². The van der Waals surface area contributed by atoms with E-state index in [2.05, 4.69) is 20.1 Å². The quantitative estimate of drug-likeness (QED) is 0.394. The van der Waals surface area contributed by atoms with Crippen molar-refractivity contribution in [3.63, 3.8) is 0 Å². The number of piperazine rings is 1. The summed E-state index contributed by atoms with van der Waals surface area (Å²) >= 11 is 6.54. The van der Waals surface area contributed by atoms with Gasteiger partial charge in [0.05, 0.1) is 11.2 Å². The lowest BCUT2D eigenvalue weighted by Crippen LogP contribution is -2.51. The fraction of sp³-hybridized carbons (Fsp3) is 0.548. The van der Waals surface area contributed by atoms with E-state index < -0.39 is 12.0 Å². The van der Waals surface area contributed by atoms with Crippen LogP contribution in [0, 0.1) is 5.82 Å². The number of nitrogens with one attached hydrogen (secondary N) is 1. The molecule has 3 aromatic rings. The molecule has 5 aliphatic rings. The summed E-state index contributed by atoms with van der Waals surface area (Å²) in [5, 5.41) is 15.1. The summed E-state index contributed by atoms with van der Waals surface area (Å²) in [6.07, 6.45) is 7.39. The highest BCUT2D eigenvalue weighted by Gasteiger charge is 2.49. The van der Waals surface area contributed by atoms with Crippen LogP contribution in [-0.4, -0.2) is 76.6 Å². The normalized spacial score (nSPS) is 29.4. The average Bonchev–Trinajstić information content (AvgIpc) is 3.52. The van der Waals surface area contributed by atoms with Gasteiger partial charge in [-0.05, 0) is 68.7 Å². The van der Waals surface area contributed by atoms with E-state index >= 15 is 4.39 Å². The standard InChI is InChI=1S/C31H34ClF2N5O2/c32-24-9-21(40)8-22(27(24)17-2-3-17)29-28(34)30-23(12-35-29)25(38-14-19-4-5-20(15-38)36-19)10-26(37-30)41-16-31-6-1-7-39(31)13-18(33)11-31/h8-10,12,17-20,36,40H,1-7,11,13-16H2. The Hall–Kier alpha value is -2.75. The number of phenols is 1. The Balaban J connectivity index is 1.23. The van der Waals surface area contributed by atoms with E-state index in [9.17, 15) is 9.50 Å². The summed E-state index contributed by atoms with van der Waals surface area (Å²) < 4.78 is 37.3. The van der Waals surface area contributed by atoms with Crippen LogP contribution in [0.3, 0.4) is 0 Å². The van der Waals surface area contributed by atoms with E-state index in [1.165, 1.54) is 6.07 Å². The number of ether oxygens (including phenoxy) is 1. The Morgan fingerprint density at radius 3 is 2.71 bits per heavy atom. The summed E-state index contributed by atoms with van der Waals surface area (Å²) in [7, 11) is 0. The SMILES string of the molecule is Oc1cc(Cl)c(C2CC2)c(-c2ncc3c(N4CC5CCC(C4)N5)cc(OCC45CCCN4CC(F)C5)nc3c2F)c1. The number of phenolic OH excluding ortho intramolecular Hbond substituents is 1. The minimum Gasteiger partial charge on any atom is -0.508 e. The zero-order valence-electron chi connectivity index (χ0n) is 22.9. The molecule has 0 radical (unpaired) electrons. The van der Waals surface area contributed by atoms with Gasteiger partial charge in [0.25, 0.3) is 0 Å². The molecular weight excluding hydrogens is 548 g/mol. The summed E-state index contributed by atoms with van der Waals surface area (Å²) in [5.41, 5.74) is 2.17. The summed E-state index contributed by atoms with van der Waals surface area (Å²) in [6, 6.07) is 5.75. The molecule has 2 bridgehead atoms. The molecule has 0 spiro atoms. The van der Waals surface area contributed by atoms with Gasteiger partial charge in [0.15, 0.2) is 5.82 Å². The van der Waals surface area contributed by atoms with Crippen molar-refractivity contribution < 1.29 is 18.6 Å². The third-order valence-corrected chi connectivity index (χ3v) is 10.2. The molecule has 1 aliphatic carbocycles. The Labute approximate surface area is 242 Å². The van der Waals surface area contributed by atoms with Crippen molar-refractivity contribution in [3.8, 4) is 22.9 Å². The van der Waals surface area contributed by atoms with Crippen molar-refractivity contribution in [2.24, 2.45) is 0 Å². The molecule has 2 aromatic heterocycles. The number of pyridine rings is 2. The van der Waals surface area contributed by atoms with E-state index in [1.54, 1.807) is 12.3 Å². The Morgan fingerprint density at radius 1 is 1.12 bits per heavy atom. The third-order valence-electron chi connectivity index (χ3n) is 9.91. The van der Waals surface area contributed by atoms with Crippen LogP contribution in [0.25, 0.3) is 22.2 Å². The summed E-state index contributed by atoms with van der Waals surface area (Å²) in [5.74, 6) is -0.0137. The first kappa shape index (κ1) is 25.9. The zero-order valence-corrected chi connectivity index (χ0v) is 23.6. The van der Waals surface area contributed by atoms with E-state index in [4.69, 9.17) is 21.3 Å². The average molecular weight is 582 g/mol. The molecule has 0 amide bonds. The molecule has 4 aliphatic heterocycles. The minimum absolute atomic E-state index is 0.0270. The monoisotopic (exact) mass is 581 g/mol. The summed E-state index contributed by atoms with van der Waals surface area (Å²) in [6.45, 7) is 3.28. The van der Waals surface area contributed by atoms with Crippen LogP contribution in [0.15, 0.2) is 24.4 Å². The molecule has 1 saturated carbocycles. The number of halogens is 3. The van der Waals surface area contributed by atoms with Crippen LogP contribution in [0.2, 0.25) is 5.02 Å². The van der Waals surface area contributed by atoms with Crippen molar-refractivity contribution in [2.75, 3.05) is 37.7 Å². The van der Waals surface area contributed by atoms with Gasteiger partial charge < -0.3 is 20.1 Å². The second kappa shape index (κ2) is 9.64. The van der Waals surface area contributed by atoms with Crippen LogP contribution in [-0.2, 0) is 0 Å². The lowest BCUT2D eigenvalue weighted by atomic mass is 9.95. The molecule has 1 aromatic carbocycles. The lowest BCUT2D eigenvalue weighted by molar-refractivity contribution is 0.111. The van der Waals surface area contributed by atoms with Crippen LogP contribution in [0.1, 0.15) is 56.4 Å². The highest BCUT2D eigenvalue weighted by Crippen LogP contribution is 2.49. The number of rotatable bonds is 6. The van der Waals surface area contributed by atoms with Gasteiger partial charge in [-0.2, -0.15) is 0 Å². The summed E-state index contributed by atoms with van der Waals surface area (Å²) in [4.78, 5) is 13.8. The van der Waals surface area contributed by atoms with E-state index in [0.29, 0.717) is 53.5 Å². The third kappa shape index (κ3) is 4.43. The molecule has 4 saturated heterocycles. The molecule has 4 atom stereocenters. The molecule has 7 nitrogen and oxygen atoms in total. The number of hydrogen-bond acceptors (Lipinski definition) is 7. The molecule has 41 heavy (non-hydrogen) atoms. The highest BCUT2D eigenvalue weighted by molar-refractivity contribution is 6.32. The first-order chi connectivity index (χ1) is 19.9. The Kier molecular flexibility index (Phi) is 6.10. The zero-order chi connectivity index (χ0) is 27.9. The van der Waals surface area contributed by atoms with Crippen molar-refractivity contribution in [3.05, 3.63) is 40.8 Å². The molecule has 2 N–H and O–H groups in total. The first-order valence-corrected chi connectivity index (χ1v) is 15.3. The second-order valence-corrected chi connectivity index (χ2v) is 13.1. The number of fused-ring (bicyclic) bond motifs is 4. The maximum absolute atomic E-state index is 16.6. The maximum Gasteiger partial charge on any atom is 0.216 e. The van der Waals surface area contributed by atoms with Crippen LogP contribution < -0.4 is 15.0 Å². The van der Waals surface area contributed by atoms with Crippen molar-refractivity contribution in [1.29, 1.82) is 0 Å². The van der Waals surface area contributed by atoms with Crippen LogP contribution in [0.5, 0.6) is 11.6 Å². The van der Waals surface area contributed by atoms with Gasteiger partial charge in [0.2, 0.25) is 5.88 Å². The topological polar surface area (TPSA) is 73.8 Å². The molecule has 4 unspecified atom stereocenters. The van der Waals surface area contributed by atoms with Crippen LogP contribution >= 0.6 is 11.6 Å². The van der Waals surface area contributed by atoms with Gasteiger partial charge in [-0.25, -0.2) is 13.8 Å². The number of alkyl halides is 1.